The van der Waals surface area contributed by atoms with Crippen molar-refractivity contribution in [2.45, 2.75) is 46.1 Å². The Morgan fingerprint density at radius 3 is 2.60 bits per heavy atom. The average molecular weight is 274 g/mol. The predicted octanol–water partition coefficient (Wildman–Crippen LogP) is 3.77. The maximum atomic E-state index is 12.5. The van der Waals surface area contributed by atoms with Gasteiger partial charge in [-0.1, -0.05) is 13.8 Å². The number of anilines is 1. The Hall–Kier alpha value is -1.51. The van der Waals surface area contributed by atoms with Crippen molar-refractivity contribution in [3.8, 4) is 0 Å². The maximum absolute atomic E-state index is 12.5. The number of carbonyl (C=O) groups is 1. The number of carbonyl (C=O) groups excluding carboxylic acids is 1. The number of amides is 1. The van der Waals surface area contributed by atoms with Crippen LogP contribution in [0.3, 0.4) is 0 Å². The number of piperidine rings is 1. The first kappa shape index (κ1) is 14.9. The van der Waals surface area contributed by atoms with Crippen LogP contribution < -0.4 is 5.32 Å². The molecule has 1 N–H and O–H groups in total. The molecule has 110 valence electrons. The molecule has 1 aliphatic rings. The van der Waals surface area contributed by atoms with Gasteiger partial charge in [-0.15, -0.1) is 0 Å². The molecule has 1 aromatic rings. The van der Waals surface area contributed by atoms with Crippen molar-refractivity contribution in [3.05, 3.63) is 29.8 Å². The number of benzene rings is 1. The molecule has 2 rings (SSSR count). The lowest BCUT2D eigenvalue weighted by Gasteiger charge is -2.33. The third-order valence-electron chi connectivity index (χ3n) is 3.91. The quantitative estimate of drug-likeness (QED) is 0.906. The third-order valence-corrected chi connectivity index (χ3v) is 3.91. The van der Waals surface area contributed by atoms with Gasteiger partial charge in [-0.05, 0) is 56.4 Å². The van der Waals surface area contributed by atoms with Crippen molar-refractivity contribution in [2.24, 2.45) is 5.92 Å². The van der Waals surface area contributed by atoms with Gasteiger partial charge in [-0.3, -0.25) is 4.79 Å². The Labute approximate surface area is 122 Å². The maximum Gasteiger partial charge on any atom is 0.254 e. The van der Waals surface area contributed by atoms with E-state index >= 15 is 0 Å². The highest BCUT2D eigenvalue weighted by atomic mass is 16.2. The molecule has 0 bridgehead atoms. The van der Waals surface area contributed by atoms with Gasteiger partial charge in [0.1, 0.15) is 0 Å². The van der Waals surface area contributed by atoms with Crippen LogP contribution >= 0.6 is 0 Å². The minimum atomic E-state index is 0.174. The van der Waals surface area contributed by atoms with Crippen LogP contribution in [0.15, 0.2) is 24.3 Å². The van der Waals surface area contributed by atoms with E-state index in [1.54, 1.807) is 0 Å². The molecule has 0 aromatic heterocycles. The fourth-order valence-electron chi connectivity index (χ4n) is 2.62. The van der Waals surface area contributed by atoms with Gasteiger partial charge >= 0.3 is 0 Å². The largest absolute Gasteiger partial charge is 0.385 e. The monoisotopic (exact) mass is 274 g/mol. The first-order valence-electron chi connectivity index (χ1n) is 7.73. The predicted molar refractivity (Wildman–Crippen MR) is 84.1 cm³/mol. The van der Waals surface area contributed by atoms with Crippen molar-refractivity contribution in [2.75, 3.05) is 18.4 Å². The second-order valence-corrected chi connectivity index (χ2v) is 6.20. The molecular formula is C17H26N2O. The minimum absolute atomic E-state index is 0.174. The standard InChI is InChI=1S/C17H26N2O/c1-13(2)12-18-16-9-7-15(8-10-16)17(20)19-11-5-4-6-14(19)3/h7-10,13-14,18H,4-6,11-12H2,1-3H3/t14-/m0/s1. The molecule has 1 saturated heterocycles. The Bertz CT molecular complexity index is 439. The highest BCUT2D eigenvalue weighted by molar-refractivity contribution is 5.94. The van der Waals surface area contributed by atoms with Gasteiger partial charge in [0.15, 0.2) is 0 Å². The summed E-state index contributed by atoms with van der Waals surface area (Å²) in [6, 6.07) is 8.25. The molecule has 0 spiro atoms. The van der Waals surface area contributed by atoms with Crippen LogP contribution in [0.2, 0.25) is 0 Å². The Balaban J connectivity index is 2.00. The van der Waals surface area contributed by atoms with Crippen molar-refractivity contribution < 1.29 is 4.79 Å². The number of hydrogen-bond donors (Lipinski definition) is 1. The molecular weight excluding hydrogens is 248 g/mol. The Kier molecular flexibility index (Phi) is 5.05. The SMILES string of the molecule is CC(C)CNc1ccc(C(=O)N2CCCC[C@@H]2C)cc1. The van der Waals surface area contributed by atoms with Crippen LogP contribution in [0, 0.1) is 5.92 Å². The van der Waals surface area contributed by atoms with Crippen molar-refractivity contribution in [1.82, 2.24) is 4.90 Å². The molecule has 0 radical (unpaired) electrons. The summed E-state index contributed by atoms with van der Waals surface area (Å²) >= 11 is 0. The lowest BCUT2D eigenvalue weighted by molar-refractivity contribution is 0.0635. The van der Waals surface area contributed by atoms with E-state index in [9.17, 15) is 4.79 Å². The topological polar surface area (TPSA) is 32.3 Å². The highest BCUT2D eigenvalue weighted by Crippen LogP contribution is 2.20. The smallest absolute Gasteiger partial charge is 0.254 e. The summed E-state index contributed by atoms with van der Waals surface area (Å²) in [7, 11) is 0. The molecule has 1 atom stereocenters. The molecule has 1 heterocycles. The lowest BCUT2D eigenvalue weighted by atomic mass is 10.0. The molecule has 1 amide bonds. The van der Waals surface area contributed by atoms with Crippen LogP contribution in [0.4, 0.5) is 5.69 Å². The van der Waals surface area contributed by atoms with E-state index in [1.807, 2.05) is 29.2 Å². The molecule has 0 unspecified atom stereocenters. The van der Waals surface area contributed by atoms with Crippen molar-refractivity contribution >= 4 is 11.6 Å². The minimum Gasteiger partial charge on any atom is -0.385 e. The fraction of sp³-hybridized carbons (Fsp3) is 0.588. The zero-order valence-corrected chi connectivity index (χ0v) is 12.9. The van der Waals surface area contributed by atoms with E-state index in [2.05, 4.69) is 26.1 Å². The number of likely N-dealkylation sites (tertiary alicyclic amines) is 1. The lowest BCUT2D eigenvalue weighted by Crippen LogP contribution is -2.41. The summed E-state index contributed by atoms with van der Waals surface area (Å²) in [5, 5.41) is 3.37. The van der Waals surface area contributed by atoms with Crippen LogP contribution in [-0.4, -0.2) is 29.9 Å². The first-order valence-corrected chi connectivity index (χ1v) is 7.73. The summed E-state index contributed by atoms with van der Waals surface area (Å²) in [6.07, 6.45) is 3.49. The van der Waals surface area contributed by atoms with E-state index in [4.69, 9.17) is 0 Å². The number of hydrogen-bond acceptors (Lipinski definition) is 2. The Morgan fingerprint density at radius 2 is 2.00 bits per heavy atom. The van der Waals surface area contributed by atoms with Crippen LogP contribution in [0.25, 0.3) is 0 Å². The summed E-state index contributed by atoms with van der Waals surface area (Å²) in [6.45, 7) is 8.37. The molecule has 3 nitrogen and oxygen atoms in total. The second kappa shape index (κ2) is 6.78. The zero-order chi connectivity index (χ0) is 14.5. The van der Waals surface area contributed by atoms with Gasteiger partial charge in [0, 0.05) is 30.4 Å². The van der Waals surface area contributed by atoms with Gasteiger partial charge < -0.3 is 10.2 Å². The van der Waals surface area contributed by atoms with E-state index < -0.39 is 0 Å². The summed E-state index contributed by atoms with van der Waals surface area (Å²) in [5.41, 5.74) is 1.88. The van der Waals surface area contributed by atoms with Gasteiger partial charge in [-0.2, -0.15) is 0 Å². The summed E-state index contributed by atoms with van der Waals surface area (Å²) in [5.74, 6) is 0.790. The van der Waals surface area contributed by atoms with Crippen molar-refractivity contribution in [1.29, 1.82) is 0 Å². The van der Waals surface area contributed by atoms with Gasteiger partial charge in [0.25, 0.3) is 5.91 Å². The van der Waals surface area contributed by atoms with E-state index in [-0.39, 0.29) is 5.91 Å². The molecule has 1 aliphatic heterocycles. The molecule has 0 aliphatic carbocycles. The summed E-state index contributed by atoms with van der Waals surface area (Å²) in [4.78, 5) is 14.5. The number of nitrogens with zero attached hydrogens (tertiary/aromatic N) is 1. The fourth-order valence-corrected chi connectivity index (χ4v) is 2.62. The third kappa shape index (κ3) is 3.75. The molecule has 1 aromatic carbocycles. The first-order chi connectivity index (χ1) is 9.58. The number of nitrogens with one attached hydrogen (secondary N) is 1. The van der Waals surface area contributed by atoms with E-state index in [1.165, 1.54) is 6.42 Å². The molecule has 1 fully saturated rings. The molecule has 3 heteroatoms. The highest BCUT2D eigenvalue weighted by Gasteiger charge is 2.23. The van der Waals surface area contributed by atoms with Crippen LogP contribution in [-0.2, 0) is 0 Å². The van der Waals surface area contributed by atoms with Gasteiger partial charge in [0.05, 0.1) is 0 Å². The molecule has 20 heavy (non-hydrogen) atoms. The normalized spacial score (nSPS) is 19.2. The number of rotatable bonds is 4. The van der Waals surface area contributed by atoms with Gasteiger partial charge in [0.2, 0.25) is 0 Å². The van der Waals surface area contributed by atoms with Gasteiger partial charge in [-0.25, -0.2) is 0 Å². The summed E-state index contributed by atoms with van der Waals surface area (Å²) < 4.78 is 0. The molecule has 0 saturated carbocycles. The average Bonchev–Trinajstić information content (AvgIpc) is 2.45. The zero-order valence-electron chi connectivity index (χ0n) is 12.9. The Morgan fingerprint density at radius 1 is 1.30 bits per heavy atom. The van der Waals surface area contributed by atoms with E-state index in [0.717, 1.165) is 37.2 Å². The second-order valence-electron chi connectivity index (χ2n) is 6.20. The van der Waals surface area contributed by atoms with Crippen LogP contribution in [0.1, 0.15) is 50.4 Å². The van der Waals surface area contributed by atoms with E-state index in [0.29, 0.717) is 12.0 Å². The van der Waals surface area contributed by atoms with Crippen molar-refractivity contribution in [3.63, 3.8) is 0 Å². The van der Waals surface area contributed by atoms with Crippen LogP contribution in [0.5, 0.6) is 0 Å².